The second-order valence-electron chi connectivity index (χ2n) is 7.88. The molecule has 0 aliphatic carbocycles. The molecule has 0 bridgehead atoms. The third kappa shape index (κ3) is 8.10. The molecule has 37 heavy (non-hydrogen) atoms. The second kappa shape index (κ2) is 11.2. The summed E-state index contributed by atoms with van der Waals surface area (Å²) in [4.78, 5) is 25.4. The Labute approximate surface area is 215 Å². The number of hydrogen-bond donors (Lipinski definition) is 4. The Hall–Kier alpha value is -4.32. The lowest BCUT2D eigenvalue weighted by Gasteiger charge is -2.11. The molecule has 0 atom stereocenters. The number of carbonyl (C=O) groups is 1. The molecular formula is C25H22F3N7OS. The van der Waals surface area contributed by atoms with Crippen molar-refractivity contribution in [1.29, 1.82) is 0 Å². The fourth-order valence-corrected chi connectivity index (χ4v) is 3.79. The molecule has 8 nitrogen and oxygen atoms in total. The Bertz CT molecular complexity index is 1380. The van der Waals surface area contributed by atoms with Crippen molar-refractivity contribution < 1.29 is 18.0 Å². The van der Waals surface area contributed by atoms with Crippen LogP contribution in [0.5, 0.6) is 0 Å². The van der Waals surface area contributed by atoms with Crippen molar-refractivity contribution in [1.82, 2.24) is 15.0 Å². The van der Waals surface area contributed by atoms with E-state index >= 15 is 0 Å². The highest BCUT2D eigenvalue weighted by Crippen LogP contribution is 2.37. The first-order valence-electron chi connectivity index (χ1n) is 11.0. The number of pyridine rings is 1. The minimum Gasteiger partial charge on any atom is -0.340 e. The molecule has 0 saturated heterocycles. The predicted octanol–water partition coefficient (Wildman–Crippen LogP) is 7.23. The SMILES string of the molecule is Cc1ccnc(Nc2cc(Nc3ccc(NC(=O)Nc4ccc(SC(F)(F)F)cc4)cc3)nc(C)n2)c1. The number of amides is 2. The fourth-order valence-electron chi connectivity index (χ4n) is 3.25. The summed E-state index contributed by atoms with van der Waals surface area (Å²) in [6.45, 7) is 3.76. The maximum absolute atomic E-state index is 12.4. The van der Waals surface area contributed by atoms with Gasteiger partial charge in [0.25, 0.3) is 0 Å². The van der Waals surface area contributed by atoms with Gasteiger partial charge in [0.15, 0.2) is 0 Å². The number of halogens is 3. The van der Waals surface area contributed by atoms with Crippen LogP contribution in [0.4, 0.5) is 52.5 Å². The van der Waals surface area contributed by atoms with Crippen molar-refractivity contribution in [3.05, 3.63) is 84.3 Å². The highest BCUT2D eigenvalue weighted by atomic mass is 32.2. The molecule has 2 aromatic heterocycles. The number of alkyl halides is 3. The topological polar surface area (TPSA) is 104 Å². The molecule has 0 unspecified atom stereocenters. The van der Waals surface area contributed by atoms with Gasteiger partial charge in [0.1, 0.15) is 23.3 Å². The maximum atomic E-state index is 12.4. The van der Waals surface area contributed by atoms with Crippen molar-refractivity contribution in [2.24, 2.45) is 0 Å². The highest BCUT2D eigenvalue weighted by molar-refractivity contribution is 8.00. The Kier molecular flexibility index (Phi) is 7.77. The van der Waals surface area contributed by atoms with Gasteiger partial charge in [-0.2, -0.15) is 13.2 Å². The zero-order valence-corrected chi connectivity index (χ0v) is 20.5. The van der Waals surface area contributed by atoms with Crippen molar-refractivity contribution in [3.8, 4) is 0 Å². The minimum absolute atomic E-state index is 0.0372. The summed E-state index contributed by atoms with van der Waals surface area (Å²) in [5, 5.41) is 11.6. The first-order valence-corrected chi connectivity index (χ1v) is 11.8. The van der Waals surface area contributed by atoms with Crippen LogP contribution in [0, 0.1) is 13.8 Å². The number of nitrogens with one attached hydrogen (secondary N) is 4. The van der Waals surface area contributed by atoms with Gasteiger partial charge in [-0.1, -0.05) is 0 Å². The Morgan fingerprint density at radius 1 is 0.757 bits per heavy atom. The summed E-state index contributed by atoms with van der Waals surface area (Å²) in [6, 6.07) is 17.4. The summed E-state index contributed by atoms with van der Waals surface area (Å²) in [7, 11) is 0. The summed E-state index contributed by atoms with van der Waals surface area (Å²) in [5.74, 6) is 2.41. The number of thioether (sulfide) groups is 1. The number of aryl methyl sites for hydroxylation is 2. The lowest BCUT2D eigenvalue weighted by atomic mass is 10.2. The van der Waals surface area contributed by atoms with Crippen LogP contribution in [-0.2, 0) is 0 Å². The van der Waals surface area contributed by atoms with E-state index in [1.807, 2.05) is 19.1 Å². The quantitative estimate of drug-likeness (QED) is 0.189. The van der Waals surface area contributed by atoms with E-state index in [0.717, 1.165) is 11.3 Å². The molecule has 0 aliphatic heterocycles. The van der Waals surface area contributed by atoms with Crippen molar-refractivity contribution in [2.75, 3.05) is 21.3 Å². The molecule has 12 heteroatoms. The molecule has 0 radical (unpaired) electrons. The van der Waals surface area contributed by atoms with Gasteiger partial charge in [-0.3, -0.25) is 0 Å². The molecule has 0 saturated carbocycles. The maximum Gasteiger partial charge on any atom is 0.446 e. The number of carbonyl (C=O) groups excluding carboxylic acids is 1. The average molecular weight is 526 g/mol. The molecular weight excluding hydrogens is 503 g/mol. The van der Waals surface area contributed by atoms with Gasteiger partial charge in [-0.05, 0) is 91.8 Å². The minimum atomic E-state index is -4.36. The lowest BCUT2D eigenvalue weighted by Crippen LogP contribution is -2.19. The average Bonchev–Trinajstić information content (AvgIpc) is 2.80. The van der Waals surface area contributed by atoms with E-state index in [2.05, 4.69) is 36.2 Å². The van der Waals surface area contributed by atoms with E-state index in [4.69, 9.17) is 0 Å². The molecule has 0 fully saturated rings. The van der Waals surface area contributed by atoms with Gasteiger partial charge in [0.2, 0.25) is 0 Å². The summed E-state index contributed by atoms with van der Waals surface area (Å²) in [5.41, 5.74) is -1.66. The number of benzene rings is 2. The zero-order chi connectivity index (χ0) is 26.4. The number of hydrogen-bond acceptors (Lipinski definition) is 7. The van der Waals surface area contributed by atoms with Gasteiger partial charge in [0, 0.05) is 34.2 Å². The standard InChI is InChI=1S/C25H22F3N7OS/c1-15-11-12-29-21(13-15)35-23-14-22(30-16(2)31-23)32-17-3-5-18(6-4-17)33-24(36)34-19-7-9-20(10-8-19)37-25(26,27)28/h3-14H,1-2H3,(H2,33,34,36)(H2,29,30,31,32,35). The molecule has 190 valence electrons. The number of nitrogens with zero attached hydrogens (tertiary/aromatic N) is 3. The van der Waals surface area contributed by atoms with Gasteiger partial charge in [-0.15, -0.1) is 0 Å². The van der Waals surface area contributed by atoms with Gasteiger partial charge < -0.3 is 21.3 Å². The molecule has 4 N–H and O–H groups in total. The molecule has 2 aromatic carbocycles. The van der Waals surface area contributed by atoms with Crippen LogP contribution in [0.25, 0.3) is 0 Å². The van der Waals surface area contributed by atoms with Crippen LogP contribution in [0.1, 0.15) is 11.4 Å². The van der Waals surface area contributed by atoms with Crippen LogP contribution in [-0.4, -0.2) is 26.5 Å². The number of aromatic nitrogens is 3. The molecule has 2 heterocycles. The predicted molar refractivity (Wildman–Crippen MR) is 140 cm³/mol. The monoisotopic (exact) mass is 525 g/mol. The third-order valence-electron chi connectivity index (χ3n) is 4.77. The van der Waals surface area contributed by atoms with Crippen molar-refractivity contribution >= 4 is 52.3 Å². The van der Waals surface area contributed by atoms with E-state index in [1.165, 1.54) is 24.3 Å². The highest BCUT2D eigenvalue weighted by Gasteiger charge is 2.29. The molecule has 0 spiro atoms. The Morgan fingerprint density at radius 2 is 1.32 bits per heavy atom. The van der Waals surface area contributed by atoms with Crippen LogP contribution in [0.2, 0.25) is 0 Å². The van der Waals surface area contributed by atoms with E-state index in [0.29, 0.717) is 34.7 Å². The Balaban J connectivity index is 1.34. The van der Waals surface area contributed by atoms with Crippen LogP contribution >= 0.6 is 11.8 Å². The van der Waals surface area contributed by atoms with Crippen LogP contribution in [0.3, 0.4) is 0 Å². The third-order valence-corrected chi connectivity index (χ3v) is 5.51. The number of urea groups is 1. The normalized spacial score (nSPS) is 11.1. The smallest absolute Gasteiger partial charge is 0.340 e. The molecule has 2 amide bonds. The van der Waals surface area contributed by atoms with E-state index in [1.54, 1.807) is 43.5 Å². The lowest BCUT2D eigenvalue weighted by molar-refractivity contribution is -0.0328. The second-order valence-corrected chi connectivity index (χ2v) is 9.02. The largest absolute Gasteiger partial charge is 0.446 e. The first-order chi connectivity index (χ1) is 17.6. The zero-order valence-electron chi connectivity index (χ0n) is 19.7. The molecule has 4 aromatic rings. The summed E-state index contributed by atoms with van der Waals surface area (Å²) in [6.07, 6.45) is 1.72. The number of rotatable bonds is 7. The van der Waals surface area contributed by atoms with E-state index in [-0.39, 0.29) is 16.7 Å². The summed E-state index contributed by atoms with van der Waals surface area (Å²) >= 11 is -0.214. The van der Waals surface area contributed by atoms with E-state index in [9.17, 15) is 18.0 Å². The summed E-state index contributed by atoms with van der Waals surface area (Å²) < 4.78 is 37.3. The van der Waals surface area contributed by atoms with Crippen LogP contribution < -0.4 is 21.3 Å². The number of anilines is 6. The first kappa shape index (κ1) is 25.8. The van der Waals surface area contributed by atoms with Crippen molar-refractivity contribution in [3.63, 3.8) is 0 Å². The van der Waals surface area contributed by atoms with Gasteiger partial charge in [0.05, 0.1) is 0 Å². The molecule has 4 rings (SSSR count). The van der Waals surface area contributed by atoms with Gasteiger partial charge in [-0.25, -0.2) is 19.7 Å². The van der Waals surface area contributed by atoms with Crippen molar-refractivity contribution in [2.45, 2.75) is 24.3 Å². The van der Waals surface area contributed by atoms with E-state index < -0.39 is 11.5 Å². The van der Waals surface area contributed by atoms with Crippen LogP contribution in [0.15, 0.2) is 77.8 Å². The fraction of sp³-hybridized carbons (Fsp3) is 0.120. The molecule has 0 aliphatic rings. The Morgan fingerprint density at radius 3 is 1.92 bits per heavy atom. The van der Waals surface area contributed by atoms with Gasteiger partial charge >= 0.3 is 11.5 Å².